The van der Waals surface area contributed by atoms with Gasteiger partial charge in [0.25, 0.3) is 0 Å². The van der Waals surface area contributed by atoms with E-state index in [0.717, 1.165) is 45.2 Å². The summed E-state index contributed by atoms with van der Waals surface area (Å²) in [6.07, 6.45) is 0.154. The number of rotatable bonds is 3. The molecule has 27 heavy (non-hydrogen) atoms. The van der Waals surface area contributed by atoms with E-state index in [2.05, 4.69) is 10.00 Å². The van der Waals surface area contributed by atoms with Crippen LogP contribution in [0.25, 0.3) is 0 Å². The highest BCUT2D eigenvalue weighted by Crippen LogP contribution is 2.44. The topological polar surface area (TPSA) is 55.2 Å². The predicted molar refractivity (Wildman–Crippen MR) is 95.2 cm³/mol. The zero-order valence-electron chi connectivity index (χ0n) is 15.5. The molecule has 1 spiro atoms. The van der Waals surface area contributed by atoms with Gasteiger partial charge >= 0.3 is 6.18 Å². The number of hydrogen-bond donors (Lipinski definition) is 0. The van der Waals surface area contributed by atoms with Crippen molar-refractivity contribution in [2.24, 2.45) is 5.41 Å². The monoisotopic (exact) mass is 405 g/mol. The molecule has 9 heteroatoms. The number of nitrogens with zero attached hydrogens (tertiary/aromatic N) is 3. The minimum atomic E-state index is -4.40. The smallest absolute Gasteiger partial charge is 0.300 e. The van der Waals surface area contributed by atoms with Crippen molar-refractivity contribution in [3.05, 3.63) is 17.5 Å². The van der Waals surface area contributed by atoms with E-state index in [9.17, 15) is 21.6 Å². The van der Waals surface area contributed by atoms with Crippen molar-refractivity contribution in [2.45, 2.75) is 63.7 Å². The zero-order chi connectivity index (χ0) is 19.4. The van der Waals surface area contributed by atoms with Crippen molar-refractivity contribution >= 4 is 9.84 Å². The molecule has 3 aliphatic rings. The summed E-state index contributed by atoms with van der Waals surface area (Å²) in [5, 5.41) is 3.75. The lowest BCUT2D eigenvalue weighted by atomic mass is 9.83. The Labute approximate surface area is 157 Å². The maximum Gasteiger partial charge on any atom is 0.435 e. The second-order valence-corrected chi connectivity index (χ2v) is 10.6. The molecular weight excluding hydrogens is 379 g/mol. The molecule has 0 unspecified atom stereocenters. The number of hydrogen-bond acceptors (Lipinski definition) is 4. The second-order valence-electron chi connectivity index (χ2n) is 8.53. The first kappa shape index (κ1) is 19.2. The molecule has 1 saturated carbocycles. The molecular formula is C18H26F3N3O2S. The normalized spacial score (nSPS) is 30.5. The van der Waals surface area contributed by atoms with Crippen molar-refractivity contribution in [1.82, 2.24) is 14.7 Å². The first-order chi connectivity index (χ1) is 12.6. The Balaban J connectivity index is 1.38. The molecule has 152 valence electrons. The lowest BCUT2D eigenvalue weighted by molar-refractivity contribution is -0.141. The van der Waals surface area contributed by atoms with Crippen LogP contribution in [-0.2, 0) is 22.6 Å². The third kappa shape index (κ3) is 3.64. The molecule has 2 saturated heterocycles. The Morgan fingerprint density at radius 3 is 2.44 bits per heavy atom. The van der Waals surface area contributed by atoms with Gasteiger partial charge in [0.15, 0.2) is 15.5 Å². The first-order valence-corrected chi connectivity index (χ1v) is 11.5. The largest absolute Gasteiger partial charge is 0.435 e. The summed E-state index contributed by atoms with van der Waals surface area (Å²) >= 11 is 0. The van der Waals surface area contributed by atoms with Crippen LogP contribution in [0.2, 0.25) is 0 Å². The van der Waals surface area contributed by atoms with Gasteiger partial charge in [-0.2, -0.15) is 18.3 Å². The van der Waals surface area contributed by atoms with E-state index in [0.29, 0.717) is 29.8 Å². The molecule has 1 aromatic rings. The predicted octanol–water partition coefficient (Wildman–Crippen LogP) is 3.07. The molecule has 2 aliphatic heterocycles. The molecule has 3 heterocycles. The summed E-state index contributed by atoms with van der Waals surface area (Å²) in [5.41, 5.74) is -0.126. The van der Waals surface area contributed by atoms with Gasteiger partial charge in [-0.25, -0.2) is 8.42 Å². The maximum absolute atomic E-state index is 13.0. The standard InChI is InChI=1S/C18H26F3N3O2S/c1-2-24-15(9-16(22-24)18(19,20)21)13-3-5-14(6-4-13)23-8-7-17(10-23)11-27(25,26)12-17/h9,13-14H,2-8,10-12H2,1H3. The highest BCUT2D eigenvalue weighted by molar-refractivity contribution is 7.92. The van der Waals surface area contributed by atoms with Gasteiger partial charge in [0, 0.05) is 36.2 Å². The molecule has 0 radical (unpaired) electrons. The van der Waals surface area contributed by atoms with Crippen LogP contribution in [0, 0.1) is 5.41 Å². The Hall–Kier alpha value is -1.09. The highest BCUT2D eigenvalue weighted by atomic mass is 32.2. The number of sulfone groups is 1. The Morgan fingerprint density at radius 2 is 1.89 bits per heavy atom. The van der Waals surface area contributed by atoms with E-state index >= 15 is 0 Å². The molecule has 0 amide bonds. The van der Waals surface area contributed by atoms with Gasteiger partial charge in [-0.15, -0.1) is 0 Å². The molecule has 0 atom stereocenters. The van der Waals surface area contributed by atoms with Gasteiger partial charge in [0.05, 0.1) is 11.5 Å². The van der Waals surface area contributed by atoms with Crippen LogP contribution in [0.4, 0.5) is 13.2 Å². The second kappa shape index (κ2) is 6.47. The summed E-state index contributed by atoms with van der Waals surface area (Å²) in [6.45, 7) is 4.05. The lowest BCUT2D eigenvalue weighted by Gasteiger charge is -2.40. The highest BCUT2D eigenvalue weighted by Gasteiger charge is 2.53. The average Bonchev–Trinajstić information content (AvgIpc) is 3.18. The Morgan fingerprint density at radius 1 is 1.22 bits per heavy atom. The van der Waals surface area contributed by atoms with E-state index in [4.69, 9.17) is 0 Å². The number of aromatic nitrogens is 2. The van der Waals surface area contributed by atoms with Gasteiger partial charge in [0.1, 0.15) is 0 Å². The summed E-state index contributed by atoms with van der Waals surface area (Å²) in [5.74, 6) is 0.759. The molecule has 4 rings (SSSR count). The van der Waals surface area contributed by atoms with Crippen molar-refractivity contribution in [2.75, 3.05) is 24.6 Å². The van der Waals surface area contributed by atoms with E-state index in [1.807, 2.05) is 6.92 Å². The third-order valence-corrected chi connectivity index (χ3v) is 8.66. The number of halogens is 3. The van der Waals surface area contributed by atoms with Crippen molar-refractivity contribution in [3.63, 3.8) is 0 Å². The van der Waals surface area contributed by atoms with Crippen molar-refractivity contribution < 1.29 is 21.6 Å². The SMILES string of the molecule is CCn1nc(C(F)(F)F)cc1C1CCC(N2CCC3(C2)CS(=O)(=O)C3)CC1. The molecule has 1 aliphatic carbocycles. The van der Waals surface area contributed by atoms with Gasteiger partial charge < -0.3 is 0 Å². The Kier molecular flexibility index (Phi) is 4.61. The minimum Gasteiger partial charge on any atom is -0.300 e. The van der Waals surface area contributed by atoms with E-state index < -0.39 is 21.7 Å². The molecule has 3 fully saturated rings. The fraction of sp³-hybridized carbons (Fsp3) is 0.833. The minimum absolute atomic E-state index is 0.0296. The van der Waals surface area contributed by atoms with Crippen LogP contribution in [0.3, 0.4) is 0 Å². The fourth-order valence-corrected chi connectivity index (χ4v) is 7.55. The van der Waals surface area contributed by atoms with Crippen LogP contribution < -0.4 is 0 Å². The van der Waals surface area contributed by atoms with E-state index in [-0.39, 0.29) is 11.3 Å². The number of likely N-dealkylation sites (tertiary alicyclic amines) is 1. The third-order valence-electron chi connectivity index (χ3n) is 6.55. The number of alkyl halides is 3. The molecule has 1 aromatic heterocycles. The number of aryl methyl sites for hydroxylation is 1. The van der Waals surface area contributed by atoms with E-state index in [1.165, 1.54) is 10.7 Å². The Bertz CT molecular complexity index is 798. The van der Waals surface area contributed by atoms with Crippen LogP contribution >= 0.6 is 0 Å². The fourth-order valence-electron chi connectivity index (χ4n) is 5.30. The van der Waals surface area contributed by atoms with Gasteiger partial charge in [-0.1, -0.05) is 0 Å². The van der Waals surface area contributed by atoms with Crippen molar-refractivity contribution in [1.29, 1.82) is 0 Å². The van der Waals surface area contributed by atoms with Gasteiger partial charge in [-0.3, -0.25) is 9.58 Å². The molecule has 5 nitrogen and oxygen atoms in total. The van der Waals surface area contributed by atoms with Gasteiger partial charge in [-0.05, 0) is 51.6 Å². The summed E-state index contributed by atoms with van der Waals surface area (Å²) in [6, 6.07) is 1.64. The van der Waals surface area contributed by atoms with Crippen LogP contribution in [-0.4, -0.2) is 53.7 Å². The average molecular weight is 405 g/mol. The lowest BCUT2D eigenvalue weighted by Crippen LogP contribution is -2.51. The summed E-state index contributed by atoms with van der Waals surface area (Å²) in [7, 11) is -2.82. The van der Waals surface area contributed by atoms with Crippen LogP contribution in [0.1, 0.15) is 56.3 Å². The maximum atomic E-state index is 13.0. The molecule has 0 aromatic carbocycles. The quantitative estimate of drug-likeness (QED) is 0.776. The molecule has 0 bridgehead atoms. The summed E-state index contributed by atoms with van der Waals surface area (Å²) in [4.78, 5) is 2.42. The first-order valence-electron chi connectivity index (χ1n) is 9.70. The van der Waals surface area contributed by atoms with E-state index in [1.54, 1.807) is 0 Å². The summed E-state index contributed by atoms with van der Waals surface area (Å²) < 4.78 is 63.6. The van der Waals surface area contributed by atoms with Crippen LogP contribution in [0.5, 0.6) is 0 Å². The van der Waals surface area contributed by atoms with Crippen LogP contribution in [0.15, 0.2) is 6.07 Å². The zero-order valence-corrected chi connectivity index (χ0v) is 16.3. The van der Waals surface area contributed by atoms with Crippen molar-refractivity contribution in [3.8, 4) is 0 Å². The molecule has 0 N–H and O–H groups in total. The van der Waals surface area contributed by atoms with Gasteiger partial charge in [0.2, 0.25) is 0 Å².